The molecule has 0 aliphatic carbocycles. The van der Waals surface area contributed by atoms with Crippen molar-refractivity contribution in [2.75, 3.05) is 31.1 Å². The van der Waals surface area contributed by atoms with Crippen LogP contribution >= 0.6 is 11.8 Å². The number of benzene rings is 1. The lowest BCUT2D eigenvalue weighted by Crippen LogP contribution is -2.49. The molecule has 11 heteroatoms. The molecule has 4 rings (SSSR count). The summed E-state index contributed by atoms with van der Waals surface area (Å²) < 4.78 is 43.2. The van der Waals surface area contributed by atoms with Crippen LogP contribution in [-0.4, -0.2) is 52.1 Å². The van der Waals surface area contributed by atoms with Gasteiger partial charge in [0.25, 0.3) is 5.91 Å². The van der Waals surface area contributed by atoms with E-state index >= 15 is 0 Å². The van der Waals surface area contributed by atoms with Gasteiger partial charge in [0.1, 0.15) is 5.82 Å². The van der Waals surface area contributed by atoms with Gasteiger partial charge in [-0.1, -0.05) is 17.3 Å². The highest BCUT2D eigenvalue weighted by molar-refractivity contribution is 7.98. The third-order valence-electron chi connectivity index (χ3n) is 5.01. The second kappa shape index (κ2) is 9.19. The van der Waals surface area contributed by atoms with Gasteiger partial charge in [-0.25, -0.2) is 4.98 Å². The maximum atomic E-state index is 13.1. The molecule has 32 heavy (non-hydrogen) atoms. The quantitative estimate of drug-likeness (QED) is 0.529. The van der Waals surface area contributed by atoms with Gasteiger partial charge in [-0.3, -0.25) is 4.79 Å². The Labute approximate surface area is 186 Å². The molecule has 2 aromatic heterocycles. The highest BCUT2D eigenvalue weighted by Gasteiger charge is 2.31. The molecule has 0 unspecified atom stereocenters. The number of pyridine rings is 1. The Bertz CT molecular complexity index is 1080. The lowest BCUT2D eigenvalue weighted by Gasteiger charge is -2.35. The number of hydrogen-bond donors (Lipinski definition) is 0. The smallest absolute Gasteiger partial charge is 0.353 e. The van der Waals surface area contributed by atoms with Crippen molar-refractivity contribution >= 4 is 23.5 Å². The van der Waals surface area contributed by atoms with E-state index in [4.69, 9.17) is 4.52 Å². The number of carbonyl (C=O) groups is 1. The average Bonchev–Trinajstić information content (AvgIpc) is 3.22. The van der Waals surface area contributed by atoms with Gasteiger partial charge in [0, 0.05) is 44.2 Å². The summed E-state index contributed by atoms with van der Waals surface area (Å²) in [5, 5.41) is 3.88. The van der Waals surface area contributed by atoms with E-state index in [1.165, 1.54) is 17.8 Å². The second-order valence-electron chi connectivity index (χ2n) is 7.20. The Morgan fingerprint density at radius 1 is 1.12 bits per heavy atom. The van der Waals surface area contributed by atoms with E-state index in [0.29, 0.717) is 55.0 Å². The Morgan fingerprint density at radius 2 is 1.88 bits per heavy atom. The number of amides is 1. The van der Waals surface area contributed by atoms with Crippen molar-refractivity contribution in [3.8, 4) is 0 Å². The summed E-state index contributed by atoms with van der Waals surface area (Å²) in [5.74, 6) is 1.92. The molecule has 1 amide bonds. The number of anilines is 1. The summed E-state index contributed by atoms with van der Waals surface area (Å²) in [5.41, 5.74) is -0.182. The minimum atomic E-state index is -4.41. The van der Waals surface area contributed by atoms with E-state index in [0.717, 1.165) is 17.2 Å². The van der Waals surface area contributed by atoms with E-state index in [2.05, 4.69) is 15.1 Å². The van der Waals surface area contributed by atoms with Crippen molar-refractivity contribution in [3.05, 3.63) is 65.4 Å². The molecule has 1 fully saturated rings. The molecule has 3 aromatic rings. The van der Waals surface area contributed by atoms with Crippen molar-refractivity contribution < 1.29 is 22.5 Å². The molecule has 0 N–H and O–H groups in total. The molecule has 0 bridgehead atoms. The van der Waals surface area contributed by atoms with Crippen LogP contribution in [0.4, 0.5) is 19.0 Å². The first-order valence-electron chi connectivity index (χ1n) is 9.90. The normalized spacial score (nSPS) is 14.6. The van der Waals surface area contributed by atoms with Crippen molar-refractivity contribution in [2.45, 2.75) is 23.7 Å². The summed E-state index contributed by atoms with van der Waals surface area (Å²) in [6.07, 6.45) is -3.57. The fourth-order valence-electron chi connectivity index (χ4n) is 3.36. The predicted molar refractivity (Wildman–Crippen MR) is 112 cm³/mol. The minimum absolute atomic E-state index is 0.0857. The summed E-state index contributed by atoms with van der Waals surface area (Å²) in [6, 6.07) is 9.75. The predicted octanol–water partition coefficient (Wildman–Crippen LogP) is 4.05. The third-order valence-corrected chi connectivity index (χ3v) is 6.08. The molecule has 0 atom stereocenters. The molecule has 3 heterocycles. The Hall–Kier alpha value is -3.08. The molecule has 1 saturated heterocycles. The van der Waals surface area contributed by atoms with E-state index in [-0.39, 0.29) is 5.91 Å². The van der Waals surface area contributed by atoms with Crippen LogP contribution in [-0.2, 0) is 11.9 Å². The van der Waals surface area contributed by atoms with Crippen LogP contribution in [0.3, 0.4) is 0 Å². The van der Waals surface area contributed by atoms with Gasteiger partial charge in [-0.2, -0.15) is 18.2 Å². The van der Waals surface area contributed by atoms with Crippen LogP contribution in [0.2, 0.25) is 0 Å². The van der Waals surface area contributed by atoms with E-state index < -0.39 is 11.7 Å². The zero-order valence-electron chi connectivity index (χ0n) is 17.2. The summed E-state index contributed by atoms with van der Waals surface area (Å²) in [7, 11) is 0. The standard InChI is InChI=1S/C21H20F3N5O2S/c1-14-26-18(27-31-14)13-32-17-5-3-2-4-16(17)20(30)29-10-8-28(9-11-29)19-7-6-15(12-25-19)21(22,23)24/h2-7,12H,8-11,13H2,1H3. The highest BCUT2D eigenvalue weighted by atomic mass is 32.2. The second-order valence-corrected chi connectivity index (χ2v) is 8.21. The molecule has 0 saturated carbocycles. The molecule has 1 aliphatic rings. The number of nitrogens with zero attached hydrogens (tertiary/aromatic N) is 5. The first-order valence-corrected chi connectivity index (χ1v) is 10.9. The maximum Gasteiger partial charge on any atom is 0.417 e. The zero-order valence-corrected chi connectivity index (χ0v) is 18.0. The molecular formula is C21H20F3N5O2S. The number of rotatable bonds is 5. The van der Waals surface area contributed by atoms with Gasteiger partial charge >= 0.3 is 6.18 Å². The Balaban J connectivity index is 1.38. The van der Waals surface area contributed by atoms with Crippen molar-refractivity contribution in [3.63, 3.8) is 0 Å². The van der Waals surface area contributed by atoms with Crippen molar-refractivity contribution in [1.29, 1.82) is 0 Å². The fourth-order valence-corrected chi connectivity index (χ4v) is 4.25. The number of piperazine rings is 1. The van der Waals surface area contributed by atoms with Crippen LogP contribution < -0.4 is 4.90 Å². The van der Waals surface area contributed by atoms with Gasteiger partial charge in [0.15, 0.2) is 5.82 Å². The molecule has 7 nitrogen and oxygen atoms in total. The van der Waals surface area contributed by atoms with Gasteiger partial charge < -0.3 is 14.3 Å². The van der Waals surface area contributed by atoms with Gasteiger partial charge in [-0.15, -0.1) is 11.8 Å². The molecule has 0 spiro atoms. The number of hydrogen-bond acceptors (Lipinski definition) is 7. The lowest BCUT2D eigenvalue weighted by atomic mass is 10.1. The first-order chi connectivity index (χ1) is 15.3. The fraction of sp³-hybridized carbons (Fsp3) is 0.333. The van der Waals surface area contributed by atoms with Crippen molar-refractivity contribution in [2.24, 2.45) is 0 Å². The van der Waals surface area contributed by atoms with Crippen molar-refractivity contribution in [1.82, 2.24) is 20.0 Å². The van der Waals surface area contributed by atoms with E-state index in [1.54, 1.807) is 17.9 Å². The van der Waals surface area contributed by atoms with Crippen LogP contribution in [0, 0.1) is 6.92 Å². The topological polar surface area (TPSA) is 75.4 Å². The number of alkyl halides is 3. The van der Waals surface area contributed by atoms with E-state index in [9.17, 15) is 18.0 Å². The van der Waals surface area contributed by atoms with Crippen LogP contribution in [0.25, 0.3) is 0 Å². The number of halogens is 3. The SMILES string of the molecule is Cc1nc(CSc2ccccc2C(=O)N2CCN(c3ccc(C(F)(F)F)cn3)CC2)no1. The third kappa shape index (κ3) is 5.04. The maximum absolute atomic E-state index is 13.1. The summed E-state index contributed by atoms with van der Waals surface area (Å²) in [6.45, 7) is 3.59. The van der Waals surface area contributed by atoms with E-state index in [1.807, 2.05) is 23.1 Å². The summed E-state index contributed by atoms with van der Waals surface area (Å²) in [4.78, 5) is 25.7. The summed E-state index contributed by atoms with van der Waals surface area (Å²) >= 11 is 1.46. The van der Waals surface area contributed by atoms with Gasteiger partial charge in [0.05, 0.1) is 16.9 Å². The molecule has 0 radical (unpaired) electrons. The lowest BCUT2D eigenvalue weighted by molar-refractivity contribution is -0.137. The molecular weight excluding hydrogens is 443 g/mol. The number of aromatic nitrogens is 3. The van der Waals surface area contributed by atoms with Gasteiger partial charge in [0.2, 0.25) is 5.89 Å². The number of aryl methyl sites for hydroxylation is 1. The monoisotopic (exact) mass is 463 g/mol. The Kier molecular flexibility index (Phi) is 6.35. The average molecular weight is 463 g/mol. The Morgan fingerprint density at radius 3 is 2.50 bits per heavy atom. The largest absolute Gasteiger partial charge is 0.417 e. The minimum Gasteiger partial charge on any atom is -0.353 e. The molecule has 1 aromatic carbocycles. The van der Waals surface area contributed by atoms with Gasteiger partial charge in [-0.05, 0) is 24.3 Å². The molecule has 168 valence electrons. The molecule has 1 aliphatic heterocycles. The van der Waals surface area contributed by atoms with Crippen LogP contribution in [0.15, 0.2) is 52.0 Å². The first kappa shape index (κ1) is 22.1. The zero-order chi connectivity index (χ0) is 22.7. The highest BCUT2D eigenvalue weighted by Crippen LogP contribution is 2.30. The number of carbonyl (C=O) groups excluding carboxylic acids is 1. The van der Waals surface area contributed by atoms with Crippen LogP contribution in [0.1, 0.15) is 27.6 Å². The number of thioether (sulfide) groups is 1. The van der Waals surface area contributed by atoms with Crippen LogP contribution in [0.5, 0.6) is 0 Å².